The monoisotopic (exact) mass is 346 g/mol. The fourth-order valence-corrected chi connectivity index (χ4v) is 4.95. The van der Waals surface area contributed by atoms with Gasteiger partial charge in [0.1, 0.15) is 11.6 Å². The molecule has 0 radical (unpaired) electrons. The number of aryl methyl sites for hydroxylation is 1. The lowest BCUT2D eigenvalue weighted by Crippen LogP contribution is -2.46. The van der Waals surface area contributed by atoms with Gasteiger partial charge in [-0.3, -0.25) is 0 Å². The van der Waals surface area contributed by atoms with Crippen LogP contribution in [0.25, 0.3) is 0 Å². The van der Waals surface area contributed by atoms with Crippen LogP contribution in [0.2, 0.25) is 6.04 Å². The lowest BCUT2D eigenvalue weighted by molar-refractivity contribution is 0.0472. The summed E-state index contributed by atoms with van der Waals surface area (Å²) < 4.78 is 37.4. The largest absolute Gasteiger partial charge is 0.498 e. The van der Waals surface area contributed by atoms with Gasteiger partial charge in [0.25, 0.3) is 0 Å². The summed E-state index contributed by atoms with van der Waals surface area (Å²) in [6.45, 7) is 7.50. The van der Waals surface area contributed by atoms with Crippen LogP contribution in [0.1, 0.15) is 52.5 Å². The zero-order valence-corrected chi connectivity index (χ0v) is 15.4. The first kappa shape index (κ1) is 20.2. The topological polar surface area (TPSA) is 38.7 Å². The first-order chi connectivity index (χ1) is 10.7. The second-order valence-electron chi connectivity index (χ2n) is 6.38. The van der Waals surface area contributed by atoms with Crippen molar-refractivity contribution in [3.8, 4) is 0 Å². The fraction of sp³-hybridized carbons (Fsp3) is 0.647. The van der Waals surface area contributed by atoms with Gasteiger partial charge in [0.05, 0.1) is 0 Å². The van der Waals surface area contributed by atoms with Gasteiger partial charge in [-0.2, -0.15) is 0 Å². The standard InChI is InChI=1S/C17H28F2O3Si/c1-13(2)21-23(20,22-14(3)4)9-7-5-6-8-15-10-16(18)12-17(19)11-15/h10-14,20H,5-9H2,1-4H3. The van der Waals surface area contributed by atoms with Gasteiger partial charge in [0, 0.05) is 24.3 Å². The van der Waals surface area contributed by atoms with E-state index in [0.717, 1.165) is 25.3 Å². The molecule has 0 unspecified atom stereocenters. The molecule has 0 aliphatic carbocycles. The summed E-state index contributed by atoms with van der Waals surface area (Å²) in [6, 6.07) is 4.10. The van der Waals surface area contributed by atoms with Gasteiger partial charge in [-0.1, -0.05) is 6.42 Å². The zero-order chi connectivity index (χ0) is 17.5. The Morgan fingerprint density at radius 1 is 0.913 bits per heavy atom. The number of halogens is 2. The van der Waals surface area contributed by atoms with E-state index in [1.807, 2.05) is 27.7 Å². The van der Waals surface area contributed by atoms with Crippen molar-refractivity contribution < 1.29 is 22.4 Å². The fourth-order valence-electron chi connectivity index (χ4n) is 2.49. The van der Waals surface area contributed by atoms with Gasteiger partial charge in [0.15, 0.2) is 0 Å². The summed E-state index contributed by atoms with van der Waals surface area (Å²) in [6.07, 6.45) is 2.86. The van der Waals surface area contributed by atoms with Crippen molar-refractivity contribution in [3.63, 3.8) is 0 Å². The molecular formula is C17H28F2O3Si. The van der Waals surface area contributed by atoms with Crippen LogP contribution in [0.3, 0.4) is 0 Å². The molecule has 0 amide bonds. The van der Waals surface area contributed by atoms with E-state index in [1.165, 1.54) is 12.1 Å². The van der Waals surface area contributed by atoms with Gasteiger partial charge in [0.2, 0.25) is 0 Å². The minimum atomic E-state index is -3.14. The molecule has 0 aliphatic rings. The van der Waals surface area contributed by atoms with Gasteiger partial charge in [-0.25, -0.2) is 8.78 Å². The molecule has 1 aromatic carbocycles. The minimum absolute atomic E-state index is 0.0827. The van der Waals surface area contributed by atoms with Gasteiger partial charge >= 0.3 is 8.80 Å². The predicted molar refractivity (Wildman–Crippen MR) is 89.1 cm³/mol. The summed E-state index contributed by atoms with van der Waals surface area (Å²) >= 11 is 0. The van der Waals surface area contributed by atoms with Gasteiger partial charge in [-0.15, -0.1) is 0 Å². The highest BCUT2D eigenvalue weighted by atomic mass is 28.4. The summed E-state index contributed by atoms with van der Waals surface area (Å²) in [5.41, 5.74) is 0.659. The van der Waals surface area contributed by atoms with Crippen molar-refractivity contribution in [2.75, 3.05) is 0 Å². The van der Waals surface area contributed by atoms with E-state index < -0.39 is 20.4 Å². The maximum absolute atomic E-state index is 13.1. The van der Waals surface area contributed by atoms with Crippen molar-refractivity contribution in [2.24, 2.45) is 0 Å². The van der Waals surface area contributed by atoms with Gasteiger partial charge in [-0.05, 0) is 64.7 Å². The number of unbranched alkanes of at least 4 members (excludes halogenated alkanes) is 2. The maximum Gasteiger partial charge on any atom is 0.498 e. The van der Waals surface area contributed by atoms with E-state index in [-0.39, 0.29) is 12.2 Å². The normalized spacial score (nSPS) is 12.4. The smallest absolute Gasteiger partial charge is 0.390 e. The highest BCUT2D eigenvalue weighted by molar-refractivity contribution is 6.59. The number of hydrogen-bond acceptors (Lipinski definition) is 3. The van der Waals surface area contributed by atoms with E-state index in [1.54, 1.807) is 0 Å². The van der Waals surface area contributed by atoms with Crippen LogP contribution in [0, 0.1) is 11.6 Å². The molecule has 3 nitrogen and oxygen atoms in total. The summed E-state index contributed by atoms with van der Waals surface area (Å²) in [5, 5.41) is 0. The molecule has 1 rings (SSSR count). The average molecular weight is 346 g/mol. The Kier molecular flexibility index (Phi) is 8.32. The van der Waals surface area contributed by atoms with Gasteiger partial charge < -0.3 is 13.6 Å². The molecule has 0 aliphatic heterocycles. The molecule has 1 N–H and O–H groups in total. The number of benzene rings is 1. The highest BCUT2D eigenvalue weighted by Crippen LogP contribution is 2.20. The Morgan fingerprint density at radius 2 is 1.43 bits per heavy atom. The summed E-state index contributed by atoms with van der Waals surface area (Å²) in [7, 11) is -3.14. The van der Waals surface area contributed by atoms with Crippen molar-refractivity contribution in [2.45, 2.75) is 71.6 Å². The third kappa shape index (κ3) is 8.55. The van der Waals surface area contributed by atoms with Crippen LogP contribution in [-0.2, 0) is 15.3 Å². The van der Waals surface area contributed by atoms with E-state index in [9.17, 15) is 13.6 Å². The Hall–Kier alpha value is -0.823. The third-order valence-electron chi connectivity index (χ3n) is 3.22. The molecule has 0 saturated heterocycles. The van der Waals surface area contributed by atoms with Crippen LogP contribution < -0.4 is 0 Å². The van der Waals surface area contributed by atoms with E-state index in [2.05, 4.69) is 0 Å². The Bertz CT molecular complexity index is 451. The Morgan fingerprint density at radius 3 is 1.91 bits per heavy atom. The highest BCUT2D eigenvalue weighted by Gasteiger charge is 2.38. The van der Waals surface area contributed by atoms with Crippen LogP contribution in [0.15, 0.2) is 18.2 Å². The zero-order valence-electron chi connectivity index (χ0n) is 14.4. The molecule has 0 spiro atoms. The van der Waals surface area contributed by atoms with Crippen molar-refractivity contribution >= 4 is 8.80 Å². The van der Waals surface area contributed by atoms with E-state index >= 15 is 0 Å². The molecule has 0 bridgehead atoms. The molecule has 1 aromatic rings. The molecule has 23 heavy (non-hydrogen) atoms. The lowest BCUT2D eigenvalue weighted by Gasteiger charge is -2.28. The van der Waals surface area contributed by atoms with Crippen LogP contribution >= 0.6 is 0 Å². The Balaban J connectivity index is 2.38. The third-order valence-corrected chi connectivity index (χ3v) is 5.89. The molecule has 0 heterocycles. The average Bonchev–Trinajstić information content (AvgIpc) is 2.34. The Labute approximate surface area is 139 Å². The lowest BCUT2D eigenvalue weighted by atomic mass is 10.1. The maximum atomic E-state index is 13.1. The van der Waals surface area contributed by atoms with Crippen molar-refractivity contribution in [1.29, 1.82) is 0 Å². The quantitative estimate of drug-likeness (QED) is 0.502. The second kappa shape index (κ2) is 9.47. The number of hydrogen-bond donors (Lipinski definition) is 1. The van der Waals surface area contributed by atoms with E-state index in [0.29, 0.717) is 18.0 Å². The molecule has 0 fully saturated rings. The van der Waals surface area contributed by atoms with E-state index in [4.69, 9.17) is 8.85 Å². The predicted octanol–water partition coefficient (Wildman–Crippen LogP) is 4.46. The molecule has 132 valence electrons. The second-order valence-corrected chi connectivity index (χ2v) is 8.78. The van der Waals surface area contributed by atoms with Crippen molar-refractivity contribution in [3.05, 3.63) is 35.4 Å². The molecule has 6 heteroatoms. The van der Waals surface area contributed by atoms with Crippen LogP contribution in [-0.4, -0.2) is 25.8 Å². The summed E-state index contributed by atoms with van der Waals surface area (Å²) in [4.78, 5) is 10.5. The molecular weight excluding hydrogens is 318 g/mol. The number of rotatable bonds is 10. The molecule has 0 aromatic heterocycles. The van der Waals surface area contributed by atoms with Crippen molar-refractivity contribution in [1.82, 2.24) is 0 Å². The van der Waals surface area contributed by atoms with Crippen LogP contribution in [0.5, 0.6) is 0 Å². The first-order valence-corrected chi connectivity index (χ1v) is 10.2. The SMILES string of the molecule is CC(C)O[Si](O)(CCCCCc1cc(F)cc(F)c1)OC(C)C. The minimum Gasteiger partial charge on any atom is -0.390 e. The summed E-state index contributed by atoms with van der Waals surface area (Å²) in [5.74, 6) is -1.09. The molecule has 0 saturated carbocycles. The first-order valence-electron chi connectivity index (χ1n) is 8.23. The van der Waals surface area contributed by atoms with Crippen LogP contribution in [0.4, 0.5) is 8.78 Å². The molecule has 0 atom stereocenters.